The summed E-state index contributed by atoms with van der Waals surface area (Å²) in [6, 6.07) is 11.5. The normalized spacial score (nSPS) is 11.1. The van der Waals surface area contributed by atoms with Crippen molar-refractivity contribution in [1.29, 1.82) is 0 Å². The molecule has 0 aliphatic carbocycles. The molecular weight excluding hydrogens is 492 g/mol. The van der Waals surface area contributed by atoms with Gasteiger partial charge in [0, 0.05) is 17.9 Å². The van der Waals surface area contributed by atoms with Crippen LogP contribution in [0.15, 0.2) is 64.5 Å². The van der Waals surface area contributed by atoms with Gasteiger partial charge in [-0.1, -0.05) is 63.7 Å². The number of benzene rings is 2. The van der Waals surface area contributed by atoms with Crippen molar-refractivity contribution in [2.24, 2.45) is 10.2 Å². The van der Waals surface area contributed by atoms with E-state index in [1.165, 1.54) is 0 Å². The van der Waals surface area contributed by atoms with Gasteiger partial charge in [0.15, 0.2) is 0 Å². The Balaban J connectivity index is 2.29. The lowest BCUT2D eigenvalue weighted by molar-refractivity contribution is 1.22. The van der Waals surface area contributed by atoms with Gasteiger partial charge in [-0.15, -0.1) is 0 Å². The summed E-state index contributed by atoms with van der Waals surface area (Å²) < 4.78 is 3.84. The Morgan fingerprint density at radius 1 is 0.500 bits per heavy atom. The first kappa shape index (κ1) is 14.4. The zero-order valence-corrected chi connectivity index (χ0v) is 15.2. The van der Waals surface area contributed by atoms with E-state index in [0.717, 1.165) is 29.3 Å². The van der Waals surface area contributed by atoms with Gasteiger partial charge in [-0.3, -0.25) is 0 Å². The van der Waals surface area contributed by atoms with E-state index in [1.807, 2.05) is 36.4 Å². The Labute approximate surface area is 138 Å². The Bertz CT molecular complexity index is 517. The van der Waals surface area contributed by atoms with Crippen LogP contribution in [0, 0.1) is 0 Å². The zero-order valence-electron chi connectivity index (χ0n) is 8.87. The fraction of sp³-hybridized carbons (Fsp3) is 0. The minimum atomic E-state index is 0.785. The van der Waals surface area contributed by atoms with E-state index < -0.39 is 0 Å². The minimum Gasteiger partial charge on any atom is -0.150 e. The Morgan fingerprint density at radius 3 is 1.06 bits per heavy atom. The van der Waals surface area contributed by atoms with Gasteiger partial charge in [-0.05, 0) is 36.4 Å². The molecule has 0 bridgehead atoms. The van der Waals surface area contributed by atoms with Crippen molar-refractivity contribution in [3.8, 4) is 0 Å². The van der Waals surface area contributed by atoms with Gasteiger partial charge >= 0.3 is 0 Å². The van der Waals surface area contributed by atoms with Crippen LogP contribution in [-0.4, -0.2) is 0 Å². The molecule has 0 spiro atoms. The third-order valence-corrected chi connectivity index (χ3v) is 3.81. The first-order valence-corrected chi connectivity index (χ1v) is 8.04. The first-order chi connectivity index (χ1) is 8.52. The highest BCUT2D eigenvalue weighted by Crippen LogP contribution is 2.29. The average molecular weight is 498 g/mol. The molecule has 0 unspecified atom stereocenters. The van der Waals surface area contributed by atoms with Crippen LogP contribution in [0.5, 0.6) is 0 Å². The fourth-order valence-corrected chi connectivity index (χ4v) is 3.85. The van der Waals surface area contributed by atoms with Crippen molar-refractivity contribution >= 4 is 75.1 Å². The number of hydrogen-bond donors (Lipinski definition) is 0. The van der Waals surface area contributed by atoms with Crippen LogP contribution in [-0.2, 0) is 0 Å². The van der Waals surface area contributed by atoms with Crippen molar-refractivity contribution in [3.63, 3.8) is 0 Å². The van der Waals surface area contributed by atoms with E-state index in [2.05, 4.69) is 73.9 Å². The molecule has 0 amide bonds. The molecule has 0 aromatic heterocycles. The molecule has 0 N–H and O–H groups in total. The Morgan fingerprint density at radius 2 is 0.778 bits per heavy atom. The van der Waals surface area contributed by atoms with Gasteiger partial charge in [0.2, 0.25) is 0 Å². The van der Waals surface area contributed by atoms with Gasteiger partial charge in [-0.2, -0.15) is 10.2 Å². The van der Waals surface area contributed by atoms with Gasteiger partial charge in [0.25, 0.3) is 0 Å². The lowest BCUT2D eigenvalue weighted by Gasteiger charge is -1.98. The van der Waals surface area contributed by atoms with Crippen LogP contribution in [0.4, 0.5) is 11.4 Å². The van der Waals surface area contributed by atoms with Gasteiger partial charge in [-0.25, -0.2) is 0 Å². The van der Waals surface area contributed by atoms with Gasteiger partial charge < -0.3 is 0 Å². The molecule has 6 heteroatoms. The van der Waals surface area contributed by atoms with E-state index in [1.54, 1.807) is 0 Å². The molecule has 18 heavy (non-hydrogen) atoms. The van der Waals surface area contributed by atoms with Crippen molar-refractivity contribution < 1.29 is 0 Å². The number of halogens is 4. The van der Waals surface area contributed by atoms with Crippen molar-refractivity contribution in [2.75, 3.05) is 0 Å². The van der Waals surface area contributed by atoms with E-state index >= 15 is 0 Å². The highest BCUT2D eigenvalue weighted by Gasteiger charge is 1.98. The third-order valence-electron chi connectivity index (χ3n) is 1.98. The van der Waals surface area contributed by atoms with Gasteiger partial charge in [0.05, 0.1) is 11.4 Å². The molecule has 2 nitrogen and oxygen atoms in total. The highest BCUT2D eigenvalue weighted by atomic mass is 79.9. The maximum absolute atomic E-state index is 4.20. The molecule has 2 aromatic carbocycles. The Hall–Kier alpha value is -0.0400. The zero-order chi connectivity index (χ0) is 13.1. The molecule has 0 fully saturated rings. The first-order valence-electron chi connectivity index (χ1n) is 4.87. The molecule has 0 heterocycles. The van der Waals surface area contributed by atoms with E-state index in [4.69, 9.17) is 0 Å². The lowest BCUT2D eigenvalue weighted by atomic mass is 10.3. The predicted octanol–water partition coefficient (Wildman–Crippen LogP) is 7.15. The van der Waals surface area contributed by atoms with Gasteiger partial charge in [0.1, 0.15) is 0 Å². The summed E-state index contributed by atoms with van der Waals surface area (Å²) in [6.07, 6.45) is 0. The standard InChI is InChI=1S/C12H6Br4N2/c13-7-1-8(14)4-11(3-7)17-18-12-5-9(15)2-10(16)6-12/h1-6H. The summed E-state index contributed by atoms with van der Waals surface area (Å²) in [4.78, 5) is 0. The number of hydrogen-bond acceptors (Lipinski definition) is 2. The average Bonchev–Trinajstić information content (AvgIpc) is 2.23. The lowest BCUT2D eigenvalue weighted by Crippen LogP contribution is -1.70. The van der Waals surface area contributed by atoms with E-state index in [-0.39, 0.29) is 0 Å². The minimum absolute atomic E-state index is 0.785. The molecule has 0 atom stereocenters. The molecule has 0 saturated heterocycles. The van der Waals surface area contributed by atoms with Crippen LogP contribution in [0.3, 0.4) is 0 Å². The molecule has 0 aliphatic heterocycles. The summed E-state index contributed by atoms with van der Waals surface area (Å²) in [5.74, 6) is 0. The second kappa shape index (κ2) is 6.41. The SMILES string of the molecule is Brc1cc(Br)cc(N=Nc2cc(Br)cc(Br)c2)c1. The van der Waals surface area contributed by atoms with Crippen LogP contribution in [0.2, 0.25) is 0 Å². The molecule has 2 aromatic rings. The molecule has 0 aliphatic rings. The monoisotopic (exact) mass is 494 g/mol. The second-order valence-electron chi connectivity index (χ2n) is 3.46. The number of nitrogens with zero attached hydrogens (tertiary/aromatic N) is 2. The number of rotatable bonds is 2. The smallest absolute Gasteiger partial charge is 0.0879 e. The van der Waals surface area contributed by atoms with Crippen molar-refractivity contribution in [1.82, 2.24) is 0 Å². The molecule has 92 valence electrons. The van der Waals surface area contributed by atoms with E-state index in [0.29, 0.717) is 0 Å². The summed E-state index contributed by atoms with van der Waals surface area (Å²) in [6.45, 7) is 0. The van der Waals surface area contributed by atoms with Crippen LogP contribution >= 0.6 is 63.7 Å². The molecular formula is C12H6Br4N2. The maximum Gasteiger partial charge on any atom is 0.0879 e. The largest absolute Gasteiger partial charge is 0.150 e. The molecule has 0 saturated carbocycles. The van der Waals surface area contributed by atoms with Crippen LogP contribution < -0.4 is 0 Å². The van der Waals surface area contributed by atoms with Crippen molar-refractivity contribution in [3.05, 3.63) is 54.3 Å². The number of azo groups is 1. The molecule has 2 rings (SSSR count). The summed E-state index contributed by atoms with van der Waals surface area (Å²) in [7, 11) is 0. The van der Waals surface area contributed by atoms with Crippen LogP contribution in [0.25, 0.3) is 0 Å². The van der Waals surface area contributed by atoms with Crippen molar-refractivity contribution in [2.45, 2.75) is 0 Å². The summed E-state index contributed by atoms with van der Waals surface area (Å²) in [5.41, 5.74) is 1.57. The van der Waals surface area contributed by atoms with Crippen LogP contribution in [0.1, 0.15) is 0 Å². The maximum atomic E-state index is 4.20. The summed E-state index contributed by atoms with van der Waals surface area (Å²) >= 11 is 13.7. The quantitative estimate of drug-likeness (QED) is 0.394. The Kier molecular flexibility index (Phi) is 5.12. The fourth-order valence-electron chi connectivity index (χ4n) is 1.31. The second-order valence-corrected chi connectivity index (χ2v) is 7.12. The van der Waals surface area contributed by atoms with E-state index in [9.17, 15) is 0 Å². The highest BCUT2D eigenvalue weighted by molar-refractivity contribution is 9.11. The third kappa shape index (κ3) is 4.26. The predicted molar refractivity (Wildman–Crippen MR) is 87.9 cm³/mol. The molecule has 0 radical (unpaired) electrons. The summed E-state index contributed by atoms with van der Waals surface area (Å²) in [5, 5.41) is 8.41. The topological polar surface area (TPSA) is 24.7 Å².